The number of carboxylic acid groups (broad SMARTS) is 1. The van der Waals surface area contributed by atoms with Crippen LogP contribution in [0.2, 0.25) is 0 Å². The summed E-state index contributed by atoms with van der Waals surface area (Å²) >= 11 is 0.931. The molecule has 0 aromatic carbocycles. The Balaban J connectivity index is 2.91. The normalized spacial score (nSPS) is 11.4. The van der Waals surface area contributed by atoms with Crippen molar-refractivity contribution in [2.24, 2.45) is 0 Å². The van der Waals surface area contributed by atoms with Crippen LogP contribution in [-0.2, 0) is 10.0 Å². The van der Waals surface area contributed by atoms with Crippen molar-refractivity contribution in [2.75, 3.05) is 10.5 Å². The molecule has 7 heteroatoms. The lowest BCUT2D eigenvalue weighted by Crippen LogP contribution is -2.15. The predicted octanol–water partition coefficient (Wildman–Crippen LogP) is 1.91. The van der Waals surface area contributed by atoms with Gasteiger partial charge in [-0.05, 0) is 25.0 Å². The maximum Gasteiger partial charge on any atom is 0.346 e. The van der Waals surface area contributed by atoms with Crippen molar-refractivity contribution in [1.29, 1.82) is 0 Å². The van der Waals surface area contributed by atoms with Gasteiger partial charge in [0.2, 0.25) is 10.0 Å². The molecule has 0 radical (unpaired) electrons. The molecule has 0 spiro atoms. The number of nitrogens with one attached hydrogen (secondary N) is 1. The first kappa shape index (κ1) is 13.0. The average molecular weight is 263 g/mol. The van der Waals surface area contributed by atoms with Crippen LogP contribution in [0.1, 0.15) is 28.6 Å². The van der Waals surface area contributed by atoms with E-state index < -0.39 is 16.0 Å². The minimum absolute atomic E-state index is 0.0341. The van der Waals surface area contributed by atoms with Gasteiger partial charge in [0.1, 0.15) is 9.88 Å². The van der Waals surface area contributed by atoms with E-state index >= 15 is 0 Å². The molecule has 0 aliphatic carbocycles. The largest absolute Gasteiger partial charge is 0.477 e. The topological polar surface area (TPSA) is 83.5 Å². The van der Waals surface area contributed by atoms with E-state index in [0.717, 1.165) is 11.3 Å². The van der Waals surface area contributed by atoms with Gasteiger partial charge >= 0.3 is 5.97 Å². The number of aromatic carboxylic acids is 1. The Labute approximate surface area is 98.2 Å². The fourth-order valence-electron chi connectivity index (χ4n) is 1.22. The van der Waals surface area contributed by atoms with E-state index in [0.29, 0.717) is 17.0 Å². The molecule has 90 valence electrons. The lowest BCUT2D eigenvalue weighted by Gasteiger charge is -2.02. The monoisotopic (exact) mass is 263 g/mol. The number of hydrogen-bond acceptors (Lipinski definition) is 4. The third kappa shape index (κ3) is 3.21. The van der Waals surface area contributed by atoms with Crippen molar-refractivity contribution < 1.29 is 18.3 Å². The second-order valence-corrected chi connectivity index (χ2v) is 6.24. The van der Waals surface area contributed by atoms with Gasteiger partial charge in [0.05, 0.1) is 5.75 Å². The van der Waals surface area contributed by atoms with E-state index in [9.17, 15) is 13.2 Å². The quantitative estimate of drug-likeness (QED) is 0.850. The Bertz CT molecular complexity index is 490. The highest BCUT2D eigenvalue weighted by Gasteiger charge is 2.15. The predicted molar refractivity (Wildman–Crippen MR) is 63.7 cm³/mol. The van der Waals surface area contributed by atoms with E-state index in [1.807, 2.05) is 0 Å². The lowest BCUT2D eigenvalue weighted by atomic mass is 10.3. The van der Waals surface area contributed by atoms with Crippen molar-refractivity contribution in [2.45, 2.75) is 20.3 Å². The summed E-state index contributed by atoms with van der Waals surface area (Å²) in [4.78, 5) is 10.9. The van der Waals surface area contributed by atoms with Gasteiger partial charge in [-0.3, -0.25) is 4.72 Å². The molecule has 0 unspecified atom stereocenters. The smallest absolute Gasteiger partial charge is 0.346 e. The molecule has 5 nitrogen and oxygen atoms in total. The molecule has 1 rings (SSSR count). The molecule has 1 aromatic heterocycles. The number of thiophene rings is 1. The molecule has 1 aromatic rings. The minimum Gasteiger partial charge on any atom is -0.477 e. The van der Waals surface area contributed by atoms with Crippen molar-refractivity contribution in [3.63, 3.8) is 0 Å². The second kappa shape index (κ2) is 4.84. The summed E-state index contributed by atoms with van der Waals surface area (Å²) in [6.45, 7) is 3.40. The molecule has 16 heavy (non-hydrogen) atoms. The van der Waals surface area contributed by atoms with E-state index in [1.165, 1.54) is 6.07 Å². The van der Waals surface area contributed by atoms with Crippen LogP contribution in [0.25, 0.3) is 0 Å². The van der Waals surface area contributed by atoms with Crippen LogP contribution in [0.5, 0.6) is 0 Å². The van der Waals surface area contributed by atoms with Crippen molar-refractivity contribution in [1.82, 2.24) is 0 Å². The molecular formula is C9H13NO4S2. The van der Waals surface area contributed by atoms with Gasteiger partial charge in [-0.1, -0.05) is 6.92 Å². The van der Waals surface area contributed by atoms with Crippen LogP contribution >= 0.6 is 11.3 Å². The number of rotatable bonds is 5. The first-order valence-corrected chi connectivity index (χ1v) is 7.17. The van der Waals surface area contributed by atoms with Crippen LogP contribution in [-0.4, -0.2) is 25.2 Å². The van der Waals surface area contributed by atoms with E-state index in [2.05, 4.69) is 4.72 Å². The standard InChI is InChI=1S/C9H13NO4S2/c1-3-4-16(13,14)10-7-5-6(2)8(15-7)9(11)12/h5,10H,3-4H2,1-2H3,(H,11,12). The van der Waals surface area contributed by atoms with Crippen LogP contribution in [0.4, 0.5) is 5.00 Å². The fourth-order valence-corrected chi connectivity index (χ4v) is 3.53. The number of aryl methyl sites for hydroxylation is 1. The fraction of sp³-hybridized carbons (Fsp3) is 0.444. The Morgan fingerprint density at radius 2 is 2.19 bits per heavy atom. The van der Waals surface area contributed by atoms with Crippen LogP contribution in [0, 0.1) is 6.92 Å². The van der Waals surface area contributed by atoms with Crippen LogP contribution < -0.4 is 4.72 Å². The van der Waals surface area contributed by atoms with Gasteiger partial charge in [-0.2, -0.15) is 0 Å². The summed E-state index contributed by atoms with van der Waals surface area (Å²) < 4.78 is 25.2. The first-order valence-electron chi connectivity index (χ1n) is 4.70. The van der Waals surface area contributed by atoms with Gasteiger partial charge in [-0.15, -0.1) is 11.3 Å². The molecule has 0 aliphatic rings. The molecule has 0 amide bonds. The first-order chi connectivity index (χ1) is 7.35. The molecule has 0 saturated heterocycles. The van der Waals surface area contributed by atoms with E-state index in [4.69, 9.17) is 5.11 Å². The highest BCUT2D eigenvalue weighted by Crippen LogP contribution is 2.27. The SMILES string of the molecule is CCCS(=O)(=O)Nc1cc(C)c(C(=O)O)s1. The van der Waals surface area contributed by atoms with Crippen LogP contribution in [0.15, 0.2) is 6.07 Å². The Hall–Kier alpha value is -1.08. The number of carbonyl (C=O) groups is 1. The zero-order valence-corrected chi connectivity index (χ0v) is 10.6. The zero-order valence-electron chi connectivity index (χ0n) is 8.98. The van der Waals surface area contributed by atoms with Gasteiger partial charge in [0.15, 0.2) is 0 Å². The summed E-state index contributed by atoms with van der Waals surface area (Å²) in [5.41, 5.74) is 0.562. The van der Waals surface area contributed by atoms with Crippen LogP contribution in [0.3, 0.4) is 0 Å². The van der Waals surface area contributed by atoms with E-state index in [1.54, 1.807) is 13.8 Å². The Kier molecular flexibility index (Phi) is 3.93. The summed E-state index contributed by atoms with van der Waals surface area (Å²) in [6.07, 6.45) is 0.519. The third-order valence-corrected chi connectivity index (χ3v) is 4.59. The molecule has 0 fully saturated rings. The zero-order chi connectivity index (χ0) is 12.3. The Morgan fingerprint density at radius 3 is 2.62 bits per heavy atom. The lowest BCUT2D eigenvalue weighted by molar-refractivity contribution is 0.0701. The molecule has 0 bridgehead atoms. The summed E-state index contributed by atoms with van der Waals surface area (Å²) in [6, 6.07) is 1.53. The molecule has 1 heterocycles. The number of anilines is 1. The molecule has 0 aliphatic heterocycles. The summed E-state index contributed by atoms with van der Waals surface area (Å²) in [5, 5.41) is 9.16. The summed E-state index contributed by atoms with van der Waals surface area (Å²) in [5.74, 6) is -1.00. The second-order valence-electron chi connectivity index (χ2n) is 3.35. The van der Waals surface area contributed by atoms with Gasteiger partial charge in [-0.25, -0.2) is 13.2 Å². The molecule has 0 atom stereocenters. The number of sulfonamides is 1. The van der Waals surface area contributed by atoms with Gasteiger partial charge in [0, 0.05) is 0 Å². The van der Waals surface area contributed by atoms with Gasteiger partial charge in [0.25, 0.3) is 0 Å². The van der Waals surface area contributed by atoms with Gasteiger partial charge < -0.3 is 5.11 Å². The van der Waals surface area contributed by atoms with E-state index in [-0.39, 0.29) is 10.6 Å². The Morgan fingerprint density at radius 1 is 1.56 bits per heavy atom. The average Bonchev–Trinajstić information content (AvgIpc) is 2.45. The molecular weight excluding hydrogens is 250 g/mol. The minimum atomic E-state index is -3.35. The highest BCUT2D eigenvalue weighted by atomic mass is 32.2. The van der Waals surface area contributed by atoms with Crippen molar-refractivity contribution in [3.05, 3.63) is 16.5 Å². The molecule has 0 saturated carbocycles. The van der Waals surface area contributed by atoms with Crippen molar-refractivity contribution in [3.8, 4) is 0 Å². The number of hydrogen-bond donors (Lipinski definition) is 2. The third-order valence-electron chi connectivity index (χ3n) is 1.84. The molecule has 2 N–H and O–H groups in total. The number of carboxylic acids is 1. The maximum atomic E-state index is 11.4. The van der Waals surface area contributed by atoms with Crippen molar-refractivity contribution >= 4 is 32.3 Å². The summed E-state index contributed by atoms with van der Waals surface area (Å²) in [7, 11) is -3.35. The maximum absolute atomic E-state index is 11.4. The highest BCUT2D eigenvalue weighted by molar-refractivity contribution is 7.92.